The zero-order valence-electron chi connectivity index (χ0n) is 40.4. The topological polar surface area (TPSA) is 290 Å². The number of rotatable bonds is 16. The Morgan fingerprint density at radius 2 is 1.12 bits per heavy atom. The molecule has 6 rings (SSSR count). The molecule has 2 aromatic carbocycles. The fraction of sp³-hybridized carbons (Fsp3) is 0.500. The quantitative estimate of drug-likeness (QED) is 0.0402. The first-order valence-electron chi connectivity index (χ1n) is 21.9. The summed E-state index contributed by atoms with van der Waals surface area (Å²) in [6.45, 7) is 18.0. The third kappa shape index (κ3) is 12.5. The predicted octanol–water partition coefficient (Wildman–Crippen LogP) is 3.88. The van der Waals surface area contributed by atoms with Crippen LogP contribution in [0.25, 0.3) is 21.9 Å². The molecule has 4 aromatic rings. The molecule has 2 saturated heterocycles. The summed E-state index contributed by atoms with van der Waals surface area (Å²) in [6.07, 6.45) is -5.26. The van der Waals surface area contributed by atoms with E-state index in [1.165, 1.54) is 34.5 Å². The molecule has 0 saturated carbocycles. The van der Waals surface area contributed by atoms with Crippen LogP contribution in [0.15, 0.2) is 78.3 Å². The summed E-state index contributed by atoms with van der Waals surface area (Å²) in [6, 6.07) is 6.47. The number of ether oxygens (including phenoxy) is 7. The molecule has 8 unspecified atom stereocenters. The van der Waals surface area contributed by atoms with E-state index in [0.29, 0.717) is 57.7 Å². The van der Waals surface area contributed by atoms with Crippen LogP contribution in [0.5, 0.6) is 23.0 Å². The smallest absolute Gasteiger partial charge is 0.349 e. The van der Waals surface area contributed by atoms with Crippen LogP contribution in [0.4, 0.5) is 0 Å². The SMILES string of the molecule is C=CCOc1c(/C(C)=N/OC)c(=O)oc2c(C)c(O)ccc12.C=CCOc1c(/C(C)=N/OC)c(=O)oc2c(C)c(OC3O[C@@H](CC)C(OC)C(O)C3O)ccc12.CC[C@@H]1OC(O)C(O)C(O)C1OC. The second-order valence-electron chi connectivity index (χ2n) is 15.7. The summed E-state index contributed by atoms with van der Waals surface area (Å²) >= 11 is 0. The van der Waals surface area contributed by atoms with Gasteiger partial charge in [0.15, 0.2) is 6.29 Å². The Hall–Kier alpha value is -5.88. The second-order valence-corrected chi connectivity index (χ2v) is 15.7. The van der Waals surface area contributed by atoms with Gasteiger partial charge in [0.05, 0.1) is 34.4 Å². The highest BCUT2D eigenvalue weighted by Crippen LogP contribution is 2.37. The number of methoxy groups -OCH3 is 2. The van der Waals surface area contributed by atoms with E-state index >= 15 is 0 Å². The first-order chi connectivity index (χ1) is 32.9. The first-order valence-corrected chi connectivity index (χ1v) is 21.9. The maximum Gasteiger partial charge on any atom is 0.349 e. The number of oxime groups is 2. The van der Waals surface area contributed by atoms with Crippen molar-refractivity contribution in [2.24, 2.45) is 10.3 Å². The van der Waals surface area contributed by atoms with E-state index in [9.17, 15) is 40.2 Å². The molecule has 69 heavy (non-hydrogen) atoms. The van der Waals surface area contributed by atoms with E-state index in [2.05, 4.69) is 23.5 Å². The Balaban J connectivity index is 0.000000252. The Morgan fingerprint density at radius 3 is 1.57 bits per heavy atom. The number of hydrogen-bond acceptors (Lipinski definition) is 21. The van der Waals surface area contributed by atoms with Crippen LogP contribution in [-0.4, -0.2) is 145 Å². The molecule has 0 bridgehead atoms. The van der Waals surface area contributed by atoms with E-state index in [1.807, 2.05) is 13.8 Å². The number of phenolic OH excluding ortho intramolecular Hbond substituents is 1. The minimum absolute atomic E-state index is 0.0420. The molecule has 21 heteroatoms. The van der Waals surface area contributed by atoms with Gasteiger partial charge in [-0.25, -0.2) is 9.59 Å². The van der Waals surface area contributed by atoms with Gasteiger partial charge in [0.2, 0.25) is 6.29 Å². The number of fused-ring (bicyclic) bond motifs is 2. The van der Waals surface area contributed by atoms with Gasteiger partial charge in [-0.1, -0.05) is 49.5 Å². The second kappa shape index (κ2) is 25.6. The van der Waals surface area contributed by atoms with Crippen LogP contribution in [0.3, 0.4) is 0 Å². The number of aryl methyl sites for hydroxylation is 2. The Morgan fingerprint density at radius 1 is 0.667 bits per heavy atom. The van der Waals surface area contributed by atoms with Gasteiger partial charge in [-0.05, 0) is 64.8 Å². The Bertz CT molecular complexity index is 2550. The minimum atomic E-state index is -1.35. The molecule has 6 N–H and O–H groups in total. The highest BCUT2D eigenvalue weighted by atomic mass is 16.7. The number of aromatic hydroxyl groups is 1. The first kappa shape index (κ1) is 55.7. The molecule has 21 nitrogen and oxygen atoms in total. The number of aliphatic hydroxyl groups excluding tert-OH is 5. The van der Waals surface area contributed by atoms with Crippen molar-refractivity contribution < 1.29 is 82.3 Å². The van der Waals surface area contributed by atoms with Crippen molar-refractivity contribution in [1.29, 1.82) is 0 Å². The van der Waals surface area contributed by atoms with Gasteiger partial charge in [-0.2, -0.15) is 0 Å². The lowest BCUT2D eigenvalue weighted by atomic mass is 9.97. The van der Waals surface area contributed by atoms with Crippen LogP contribution >= 0.6 is 0 Å². The number of nitrogens with zero attached hydrogens (tertiary/aromatic N) is 2. The summed E-state index contributed by atoms with van der Waals surface area (Å²) < 4.78 is 49.5. The van der Waals surface area contributed by atoms with Crippen molar-refractivity contribution in [2.45, 2.75) is 116 Å². The maximum absolute atomic E-state index is 12.9. The molecule has 2 aliphatic heterocycles. The van der Waals surface area contributed by atoms with E-state index in [1.54, 1.807) is 58.0 Å². The lowest BCUT2D eigenvalue weighted by molar-refractivity contribution is -0.285. The van der Waals surface area contributed by atoms with E-state index in [4.69, 9.17) is 51.7 Å². The minimum Gasteiger partial charge on any atom is -0.508 e. The van der Waals surface area contributed by atoms with Gasteiger partial charge in [-0.3, -0.25) is 0 Å². The van der Waals surface area contributed by atoms with E-state index in [0.717, 1.165) is 0 Å². The molecule has 0 amide bonds. The fourth-order valence-corrected chi connectivity index (χ4v) is 7.71. The Kier molecular flexibility index (Phi) is 20.7. The van der Waals surface area contributed by atoms with E-state index < -0.39 is 66.6 Å². The highest BCUT2D eigenvalue weighted by Gasteiger charge is 2.46. The van der Waals surface area contributed by atoms with Gasteiger partial charge in [0.25, 0.3) is 0 Å². The monoisotopic (exact) mass is 972 g/mol. The fourth-order valence-electron chi connectivity index (χ4n) is 7.71. The molecule has 2 aliphatic rings. The average Bonchev–Trinajstić information content (AvgIpc) is 3.33. The number of hydrogen-bond donors (Lipinski definition) is 6. The van der Waals surface area contributed by atoms with Crippen LogP contribution in [0.2, 0.25) is 0 Å². The zero-order valence-corrected chi connectivity index (χ0v) is 40.4. The summed E-state index contributed by atoms with van der Waals surface area (Å²) in [5.74, 6) is 0.952. The number of benzene rings is 2. The normalized spacial score (nSPS) is 24.9. The third-order valence-electron chi connectivity index (χ3n) is 11.2. The molecule has 2 aromatic heterocycles. The van der Waals surface area contributed by atoms with Crippen LogP contribution in [-0.2, 0) is 28.6 Å². The van der Waals surface area contributed by atoms with Gasteiger partial charge in [0.1, 0.15) is 109 Å². The van der Waals surface area contributed by atoms with Crippen molar-refractivity contribution in [3.63, 3.8) is 0 Å². The van der Waals surface area contributed by atoms with Gasteiger partial charge in [-0.15, -0.1) is 0 Å². The maximum atomic E-state index is 12.9. The number of aliphatic hydroxyl groups is 5. The molecule has 0 spiro atoms. The van der Waals surface area contributed by atoms with Gasteiger partial charge < -0.3 is 82.3 Å². The standard InChI is InChI=1S/C24H31NO9.C16H17NO5.C8H16O5/c1-7-11-31-21-14-9-10-16(12(3)20(14)34-23(28)17(21)13(4)25-30-6)33-24-19(27)18(26)22(29-5)15(8-2)32-24;1-5-8-21-15-11-6-7-12(18)9(2)14(11)22-16(19)13(15)10(3)17-20-4;1-3-4-7(12-2)5(9)6(10)8(11)13-4/h7,9-10,15,18-19,22,24,26-27H,1,8,11H2,2-6H3;5-7,18H,1,8H2,2-4H3;4-11H,3H2,1-2H3/b25-13+;17-10+;/t15-,18?,19?,22?,24?;;4-,5?,6?,7?,8?/m0.0/s1. The molecule has 2 fully saturated rings. The van der Waals surface area contributed by atoms with Gasteiger partial charge >= 0.3 is 11.3 Å². The van der Waals surface area contributed by atoms with Crippen LogP contribution < -0.4 is 25.5 Å². The van der Waals surface area contributed by atoms with Crippen molar-refractivity contribution in [1.82, 2.24) is 0 Å². The predicted molar refractivity (Wildman–Crippen MR) is 252 cm³/mol. The molecule has 0 radical (unpaired) electrons. The molecule has 380 valence electrons. The summed E-state index contributed by atoms with van der Waals surface area (Å²) in [5.41, 5.74) is 1.13. The third-order valence-corrected chi connectivity index (χ3v) is 11.2. The molecule has 10 atom stereocenters. The zero-order chi connectivity index (χ0) is 51.3. The van der Waals surface area contributed by atoms with E-state index in [-0.39, 0.29) is 53.1 Å². The summed E-state index contributed by atoms with van der Waals surface area (Å²) in [7, 11) is 5.65. The molecule has 0 aliphatic carbocycles. The average molecular weight is 973 g/mol. The van der Waals surface area contributed by atoms with Crippen LogP contribution in [0, 0.1) is 13.8 Å². The van der Waals surface area contributed by atoms with Crippen molar-refractivity contribution in [3.8, 4) is 23.0 Å². The number of phenols is 1. The molecular formula is C48H64N2O19. The van der Waals surface area contributed by atoms with Crippen molar-refractivity contribution in [3.05, 3.63) is 92.7 Å². The molecule has 4 heterocycles. The summed E-state index contributed by atoms with van der Waals surface area (Å²) in [4.78, 5) is 34.7. The Labute approximate surface area is 398 Å². The lowest BCUT2D eigenvalue weighted by Gasteiger charge is -2.41. The van der Waals surface area contributed by atoms with Crippen molar-refractivity contribution in [2.75, 3.05) is 41.7 Å². The highest BCUT2D eigenvalue weighted by molar-refractivity contribution is 6.06. The van der Waals surface area contributed by atoms with Crippen molar-refractivity contribution >= 4 is 33.4 Å². The van der Waals surface area contributed by atoms with Crippen LogP contribution in [0.1, 0.15) is 62.8 Å². The van der Waals surface area contributed by atoms with Gasteiger partial charge in [0, 0.05) is 25.3 Å². The lowest BCUT2D eigenvalue weighted by Crippen LogP contribution is -2.59. The summed E-state index contributed by atoms with van der Waals surface area (Å²) in [5, 5.41) is 67.4. The molecular weight excluding hydrogens is 909 g/mol. The largest absolute Gasteiger partial charge is 0.508 e.